The normalized spacial score (nSPS) is 20.0. The first-order chi connectivity index (χ1) is 11.0. The van der Waals surface area contributed by atoms with E-state index in [2.05, 4.69) is 0 Å². The number of hydrogen-bond donors (Lipinski definition) is 1. The molecule has 5 heteroatoms. The lowest BCUT2D eigenvalue weighted by molar-refractivity contribution is -0.139. The van der Waals surface area contributed by atoms with Crippen LogP contribution in [0.3, 0.4) is 0 Å². The Labute approximate surface area is 139 Å². The van der Waals surface area contributed by atoms with Gasteiger partial charge in [0.2, 0.25) is 0 Å². The van der Waals surface area contributed by atoms with Gasteiger partial charge in [0.05, 0.1) is 5.92 Å². The summed E-state index contributed by atoms with van der Waals surface area (Å²) in [7, 11) is 0. The highest BCUT2D eigenvalue weighted by Gasteiger charge is 2.37. The second-order valence-electron chi connectivity index (χ2n) is 5.72. The van der Waals surface area contributed by atoms with Gasteiger partial charge in [-0.3, -0.25) is 9.59 Å². The van der Waals surface area contributed by atoms with E-state index in [0.29, 0.717) is 28.3 Å². The average molecular weight is 330 g/mol. The van der Waals surface area contributed by atoms with E-state index in [1.165, 1.54) is 0 Å². The molecule has 1 aliphatic heterocycles. The number of fused-ring (bicyclic) bond motifs is 1. The van der Waals surface area contributed by atoms with Crippen LogP contribution in [0.4, 0.5) is 5.69 Å². The topological polar surface area (TPSA) is 57.6 Å². The van der Waals surface area contributed by atoms with E-state index in [4.69, 9.17) is 11.6 Å². The van der Waals surface area contributed by atoms with Gasteiger partial charge >= 0.3 is 5.97 Å². The highest BCUT2D eigenvalue weighted by Crippen LogP contribution is 2.39. The number of carbonyl (C=O) groups is 2. The van der Waals surface area contributed by atoms with Gasteiger partial charge in [-0.25, -0.2) is 0 Å². The molecule has 0 spiro atoms. The van der Waals surface area contributed by atoms with E-state index in [9.17, 15) is 14.7 Å². The van der Waals surface area contributed by atoms with Gasteiger partial charge in [0.15, 0.2) is 0 Å². The molecule has 2 unspecified atom stereocenters. The summed E-state index contributed by atoms with van der Waals surface area (Å²) in [5.41, 5.74) is 1.82. The number of halogens is 1. The molecule has 0 radical (unpaired) electrons. The Morgan fingerprint density at radius 3 is 2.61 bits per heavy atom. The summed E-state index contributed by atoms with van der Waals surface area (Å²) in [6.45, 7) is 1.87. The van der Waals surface area contributed by atoms with Crippen LogP contribution in [0.1, 0.15) is 35.2 Å². The number of para-hydroxylation sites is 1. The third-order valence-electron chi connectivity index (χ3n) is 4.18. The monoisotopic (exact) mass is 329 g/mol. The zero-order valence-electron chi connectivity index (χ0n) is 12.6. The van der Waals surface area contributed by atoms with Gasteiger partial charge in [-0.05, 0) is 43.2 Å². The number of rotatable bonds is 2. The Morgan fingerprint density at radius 2 is 1.91 bits per heavy atom. The molecule has 118 valence electrons. The number of hydrogen-bond acceptors (Lipinski definition) is 2. The van der Waals surface area contributed by atoms with Crippen molar-refractivity contribution in [3.63, 3.8) is 0 Å². The van der Waals surface area contributed by atoms with Crippen molar-refractivity contribution in [2.45, 2.75) is 25.3 Å². The zero-order valence-corrected chi connectivity index (χ0v) is 13.3. The molecule has 2 atom stereocenters. The SMILES string of the molecule is CC1CC(C(=O)O)c2ccccc2N1C(=O)c1cccc(Cl)c1. The van der Waals surface area contributed by atoms with E-state index >= 15 is 0 Å². The molecule has 2 aromatic carbocycles. The lowest BCUT2D eigenvalue weighted by atomic mass is 9.85. The Kier molecular flexibility index (Phi) is 4.09. The quantitative estimate of drug-likeness (QED) is 0.907. The lowest BCUT2D eigenvalue weighted by Gasteiger charge is -2.38. The van der Waals surface area contributed by atoms with Crippen molar-refractivity contribution in [2.75, 3.05) is 4.90 Å². The van der Waals surface area contributed by atoms with E-state index < -0.39 is 11.9 Å². The first-order valence-corrected chi connectivity index (χ1v) is 7.77. The van der Waals surface area contributed by atoms with Gasteiger partial charge in [0, 0.05) is 22.3 Å². The number of benzene rings is 2. The molecule has 0 bridgehead atoms. The average Bonchev–Trinajstić information content (AvgIpc) is 2.53. The van der Waals surface area contributed by atoms with Crippen LogP contribution in [0.15, 0.2) is 48.5 Å². The molecule has 1 amide bonds. The maximum absolute atomic E-state index is 12.9. The Morgan fingerprint density at radius 1 is 1.17 bits per heavy atom. The van der Waals surface area contributed by atoms with Crippen molar-refractivity contribution in [1.82, 2.24) is 0 Å². The number of carbonyl (C=O) groups excluding carboxylic acids is 1. The number of aliphatic carboxylic acids is 1. The second-order valence-corrected chi connectivity index (χ2v) is 6.16. The molecule has 3 rings (SSSR count). The first-order valence-electron chi connectivity index (χ1n) is 7.40. The Balaban J connectivity index is 2.07. The second kappa shape index (κ2) is 6.05. The molecule has 0 saturated heterocycles. The molecule has 0 aromatic heterocycles. The van der Waals surface area contributed by atoms with Gasteiger partial charge in [0.25, 0.3) is 5.91 Å². The standard InChI is InChI=1S/C18H16ClNO3/c1-11-9-15(18(22)23)14-7-2-3-8-16(14)20(11)17(21)12-5-4-6-13(19)10-12/h2-8,10-11,15H,9H2,1H3,(H,22,23). The van der Waals surface area contributed by atoms with Crippen LogP contribution in [0, 0.1) is 0 Å². The van der Waals surface area contributed by atoms with Gasteiger partial charge in [-0.15, -0.1) is 0 Å². The zero-order chi connectivity index (χ0) is 16.6. The predicted octanol–water partition coefficient (Wildman–Crippen LogP) is 3.95. The van der Waals surface area contributed by atoms with E-state index in [-0.39, 0.29) is 11.9 Å². The van der Waals surface area contributed by atoms with Crippen molar-refractivity contribution in [1.29, 1.82) is 0 Å². The van der Waals surface area contributed by atoms with Gasteiger partial charge in [-0.2, -0.15) is 0 Å². The van der Waals surface area contributed by atoms with E-state index in [1.54, 1.807) is 47.4 Å². The van der Waals surface area contributed by atoms with Crippen LogP contribution in [0.5, 0.6) is 0 Å². The van der Waals surface area contributed by atoms with Crippen LogP contribution in [-0.4, -0.2) is 23.0 Å². The third-order valence-corrected chi connectivity index (χ3v) is 4.41. The van der Waals surface area contributed by atoms with Crippen molar-refractivity contribution < 1.29 is 14.7 Å². The van der Waals surface area contributed by atoms with Crippen molar-refractivity contribution in [2.24, 2.45) is 0 Å². The minimum Gasteiger partial charge on any atom is -0.481 e. The summed E-state index contributed by atoms with van der Waals surface area (Å²) >= 11 is 5.98. The molecule has 2 aromatic rings. The van der Waals surface area contributed by atoms with Gasteiger partial charge in [-0.1, -0.05) is 35.9 Å². The summed E-state index contributed by atoms with van der Waals surface area (Å²) in [5, 5.41) is 9.96. The number of carboxylic acids is 1. The summed E-state index contributed by atoms with van der Waals surface area (Å²) < 4.78 is 0. The molecule has 1 N–H and O–H groups in total. The Hall–Kier alpha value is -2.33. The fraction of sp³-hybridized carbons (Fsp3) is 0.222. The maximum Gasteiger partial charge on any atom is 0.311 e. The Bertz CT molecular complexity index is 774. The third kappa shape index (κ3) is 2.82. The number of nitrogens with zero attached hydrogens (tertiary/aromatic N) is 1. The maximum atomic E-state index is 12.9. The summed E-state index contributed by atoms with van der Waals surface area (Å²) in [6, 6.07) is 13.8. The molecule has 0 saturated carbocycles. The largest absolute Gasteiger partial charge is 0.481 e. The van der Waals surface area contributed by atoms with Crippen LogP contribution >= 0.6 is 11.6 Å². The fourth-order valence-electron chi connectivity index (χ4n) is 3.12. The molecular formula is C18H16ClNO3. The minimum atomic E-state index is -0.862. The van der Waals surface area contributed by atoms with Crippen molar-refractivity contribution in [3.05, 3.63) is 64.7 Å². The van der Waals surface area contributed by atoms with Gasteiger partial charge < -0.3 is 10.0 Å². The van der Waals surface area contributed by atoms with E-state index in [1.807, 2.05) is 13.0 Å². The smallest absolute Gasteiger partial charge is 0.311 e. The van der Waals surface area contributed by atoms with Crippen molar-refractivity contribution >= 4 is 29.2 Å². The van der Waals surface area contributed by atoms with Crippen LogP contribution in [0.25, 0.3) is 0 Å². The van der Waals surface area contributed by atoms with Crippen molar-refractivity contribution in [3.8, 4) is 0 Å². The highest BCUT2D eigenvalue weighted by atomic mass is 35.5. The molecule has 0 aliphatic carbocycles. The molecule has 23 heavy (non-hydrogen) atoms. The molecule has 1 aliphatic rings. The van der Waals surface area contributed by atoms with Crippen LogP contribution in [-0.2, 0) is 4.79 Å². The summed E-state index contributed by atoms with van der Waals surface area (Å²) in [4.78, 5) is 26.1. The number of carboxylic acid groups (broad SMARTS) is 1. The lowest BCUT2D eigenvalue weighted by Crippen LogP contribution is -2.44. The number of anilines is 1. The highest BCUT2D eigenvalue weighted by molar-refractivity contribution is 6.31. The minimum absolute atomic E-state index is 0.170. The molecular weight excluding hydrogens is 314 g/mol. The summed E-state index contributed by atoms with van der Waals surface area (Å²) in [6.07, 6.45) is 0.388. The van der Waals surface area contributed by atoms with E-state index in [0.717, 1.165) is 0 Å². The van der Waals surface area contributed by atoms with Crippen LogP contribution in [0.2, 0.25) is 5.02 Å². The number of amides is 1. The van der Waals surface area contributed by atoms with Crippen LogP contribution < -0.4 is 4.90 Å². The summed E-state index contributed by atoms with van der Waals surface area (Å²) in [5.74, 6) is -1.62. The van der Waals surface area contributed by atoms with Gasteiger partial charge in [0.1, 0.15) is 0 Å². The predicted molar refractivity (Wildman–Crippen MR) is 89.2 cm³/mol. The molecule has 0 fully saturated rings. The molecule has 1 heterocycles. The fourth-order valence-corrected chi connectivity index (χ4v) is 3.31. The molecule has 4 nitrogen and oxygen atoms in total. The first kappa shape index (κ1) is 15.6.